The van der Waals surface area contributed by atoms with Gasteiger partial charge in [0.05, 0.1) is 6.07 Å². The van der Waals surface area contributed by atoms with Gasteiger partial charge in [-0.3, -0.25) is 10.1 Å². The van der Waals surface area contributed by atoms with E-state index in [1.807, 2.05) is 0 Å². The standard InChI is InChI=1S/C10H7BrN2O4/c11-10-8(2-1-5-12-10)16-6-7-3-4-9(17-7)13(14)15/h1-5H,6H2. The molecule has 7 heteroatoms. The van der Waals surface area contributed by atoms with Gasteiger partial charge < -0.3 is 9.15 Å². The van der Waals surface area contributed by atoms with Gasteiger partial charge in [-0.2, -0.15) is 0 Å². The maximum absolute atomic E-state index is 10.4. The van der Waals surface area contributed by atoms with Gasteiger partial charge in [0.1, 0.15) is 21.9 Å². The van der Waals surface area contributed by atoms with Crippen LogP contribution in [0.5, 0.6) is 5.75 Å². The summed E-state index contributed by atoms with van der Waals surface area (Å²) in [7, 11) is 0. The van der Waals surface area contributed by atoms with Gasteiger partial charge in [0, 0.05) is 6.20 Å². The second-order valence-corrected chi connectivity index (χ2v) is 3.83. The first-order valence-electron chi connectivity index (χ1n) is 4.63. The molecule has 0 bridgehead atoms. The zero-order valence-corrected chi connectivity index (χ0v) is 10.1. The number of ether oxygens (including phenoxy) is 1. The van der Waals surface area contributed by atoms with Crippen molar-refractivity contribution in [1.29, 1.82) is 0 Å². The lowest BCUT2D eigenvalue weighted by Gasteiger charge is -2.04. The third-order valence-corrected chi connectivity index (χ3v) is 2.52. The molecule has 0 unspecified atom stereocenters. The Hall–Kier alpha value is -1.89. The van der Waals surface area contributed by atoms with E-state index in [-0.39, 0.29) is 12.5 Å². The average Bonchev–Trinajstić information content (AvgIpc) is 2.77. The van der Waals surface area contributed by atoms with Crippen molar-refractivity contribution in [3.63, 3.8) is 0 Å². The molecule has 0 aliphatic carbocycles. The molecule has 0 aliphatic rings. The monoisotopic (exact) mass is 298 g/mol. The summed E-state index contributed by atoms with van der Waals surface area (Å²) >= 11 is 3.22. The lowest BCUT2D eigenvalue weighted by Crippen LogP contribution is -1.95. The van der Waals surface area contributed by atoms with E-state index in [1.165, 1.54) is 12.1 Å². The maximum atomic E-state index is 10.4. The molecule has 2 heterocycles. The van der Waals surface area contributed by atoms with Crippen LogP contribution in [0, 0.1) is 10.1 Å². The zero-order valence-electron chi connectivity index (χ0n) is 8.50. The van der Waals surface area contributed by atoms with Crippen LogP contribution in [-0.2, 0) is 6.61 Å². The predicted octanol–water partition coefficient (Wildman–Crippen LogP) is 2.92. The first-order chi connectivity index (χ1) is 8.16. The Labute approximate surface area is 105 Å². The van der Waals surface area contributed by atoms with Gasteiger partial charge in [-0.25, -0.2) is 4.98 Å². The number of halogens is 1. The Kier molecular flexibility index (Phi) is 3.38. The predicted molar refractivity (Wildman–Crippen MR) is 61.6 cm³/mol. The lowest BCUT2D eigenvalue weighted by molar-refractivity contribution is -0.402. The van der Waals surface area contributed by atoms with Crippen LogP contribution in [0.4, 0.5) is 5.88 Å². The normalized spacial score (nSPS) is 10.2. The molecule has 0 saturated carbocycles. The Bertz CT molecular complexity index is 541. The Morgan fingerprint density at radius 3 is 2.94 bits per heavy atom. The fraction of sp³-hybridized carbons (Fsp3) is 0.100. The minimum absolute atomic E-state index is 0.109. The number of hydrogen-bond acceptors (Lipinski definition) is 5. The average molecular weight is 299 g/mol. The molecular formula is C10H7BrN2O4. The van der Waals surface area contributed by atoms with Crippen LogP contribution in [0.1, 0.15) is 5.76 Å². The second-order valence-electron chi connectivity index (χ2n) is 3.08. The van der Waals surface area contributed by atoms with Crippen molar-refractivity contribution in [3.05, 3.63) is 50.9 Å². The van der Waals surface area contributed by atoms with E-state index in [0.717, 1.165) is 0 Å². The van der Waals surface area contributed by atoms with E-state index >= 15 is 0 Å². The summed E-state index contributed by atoms with van der Waals surface area (Å²) in [5, 5.41) is 10.4. The molecule has 2 rings (SSSR count). The molecule has 0 atom stereocenters. The summed E-state index contributed by atoms with van der Waals surface area (Å²) < 4.78 is 10.9. The van der Waals surface area contributed by atoms with E-state index in [9.17, 15) is 10.1 Å². The summed E-state index contributed by atoms with van der Waals surface area (Å²) in [5.74, 6) is 0.632. The molecular weight excluding hydrogens is 292 g/mol. The van der Waals surface area contributed by atoms with Gasteiger partial charge in [0.2, 0.25) is 0 Å². The highest BCUT2D eigenvalue weighted by Crippen LogP contribution is 2.23. The molecule has 0 fully saturated rings. The maximum Gasteiger partial charge on any atom is 0.433 e. The first-order valence-corrected chi connectivity index (χ1v) is 5.42. The van der Waals surface area contributed by atoms with Gasteiger partial charge in [-0.15, -0.1) is 0 Å². The fourth-order valence-electron chi connectivity index (χ4n) is 1.17. The van der Waals surface area contributed by atoms with E-state index in [4.69, 9.17) is 9.15 Å². The van der Waals surface area contributed by atoms with Crippen LogP contribution in [0.3, 0.4) is 0 Å². The van der Waals surface area contributed by atoms with Crippen LogP contribution >= 0.6 is 15.9 Å². The minimum atomic E-state index is -0.594. The van der Waals surface area contributed by atoms with Crippen molar-refractivity contribution < 1.29 is 14.1 Å². The number of nitro groups is 1. The third-order valence-electron chi connectivity index (χ3n) is 1.92. The molecule has 0 aromatic carbocycles. The summed E-state index contributed by atoms with van der Waals surface area (Å²) in [6.45, 7) is 0.109. The van der Waals surface area contributed by atoms with Crippen molar-refractivity contribution in [2.45, 2.75) is 6.61 Å². The quantitative estimate of drug-likeness (QED) is 0.492. The molecule has 0 aliphatic heterocycles. The largest absolute Gasteiger partial charge is 0.483 e. The Morgan fingerprint density at radius 2 is 2.29 bits per heavy atom. The van der Waals surface area contributed by atoms with Crippen LogP contribution in [0.15, 0.2) is 39.5 Å². The van der Waals surface area contributed by atoms with Crippen molar-refractivity contribution in [3.8, 4) is 5.75 Å². The number of rotatable bonds is 4. The molecule has 17 heavy (non-hydrogen) atoms. The molecule has 2 aromatic rings. The van der Waals surface area contributed by atoms with Gasteiger partial charge in [-0.05, 0) is 34.1 Å². The number of nitrogens with zero attached hydrogens (tertiary/aromatic N) is 2. The van der Waals surface area contributed by atoms with Crippen LogP contribution < -0.4 is 4.74 Å². The van der Waals surface area contributed by atoms with Gasteiger partial charge >= 0.3 is 5.88 Å². The van der Waals surface area contributed by atoms with Crippen molar-refractivity contribution in [1.82, 2.24) is 4.98 Å². The molecule has 6 nitrogen and oxygen atoms in total. The van der Waals surface area contributed by atoms with Crippen molar-refractivity contribution in [2.75, 3.05) is 0 Å². The molecule has 0 radical (unpaired) electrons. The number of furan rings is 1. The number of hydrogen-bond donors (Lipinski definition) is 0. The smallest absolute Gasteiger partial charge is 0.433 e. The van der Waals surface area contributed by atoms with E-state index in [0.29, 0.717) is 16.1 Å². The fourth-order valence-corrected chi connectivity index (χ4v) is 1.53. The molecule has 2 aromatic heterocycles. The molecule has 0 amide bonds. The molecule has 0 spiro atoms. The minimum Gasteiger partial charge on any atom is -0.483 e. The van der Waals surface area contributed by atoms with E-state index in [1.54, 1.807) is 18.3 Å². The van der Waals surface area contributed by atoms with E-state index < -0.39 is 4.92 Å². The highest BCUT2D eigenvalue weighted by molar-refractivity contribution is 9.10. The summed E-state index contributed by atoms with van der Waals surface area (Å²) in [4.78, 5) is 13.8. The lowest BCUT2D eigenvalue weighted by atomic mass is 10.4. The third kappa shape index (κ3) is 2.82. The molecule has 0 N–H and O–H groups in total. The Balaban J connectivity index is 2.02. The highest BCUT2D eigenvalue weighted by atomic mass is 79.9. The summed E-state index contributed by atoms with van der Waals surface area (Å²) in [6, 6.07) is 6.25. The van der Waals surface area contributed by atoms with Crippen LogP contribution in [-0.4, -0.2) is 9.91 Å². The van der Waals surface area contributed by atoms with Crippen LogP contribution in [0.2, 0.25) is 0 Å². The first kappa shape index (κ1) is 11.6. The summed E-state index contributed by atoms with van der Waals surface area (Å²) in [6.07, 6.45) is 1.62. The van der Waals surface area contributed by atoms with Crippen molar-refractivity contribution in [2.24, 2.45) is 0 Å². The zero-order chi connectivity index (χ0) is 12.3. The Morgan fingerprint density at radius 1 is 1.47 bits per heavy atom. The van der Waals surface area contributed by atoms with Gasteiger partial charge in [0.25, 0.3) is 0 Å². The van der Waals surface area contributed by atoms with Crippen molar-refractivity contribution >= 4 is 21.8 Å². The van der Waals surface area contributed by atoms with Gasteiger partial charge in [0.15, 0.2) is 5.75 Å². The van der Waals surface area contributed by atoms with Crippen LogP contribution in [0.25, 0.3) is 0 Å². The summed E-state index contributed by atoms with van der Waals surface area (Å²) in [5.41, 5.74) is 0. The van der Waals surface area contributed by atoms with E-state index in [2.05, 4.69) is 20.9 Å². The topological polar surface area (TPSA) is 78.4 Å². The highest BCUT2D eigenvalue weighted by Gasteiger charge is 2.12. The number of aromatic nitrogens is 1. The van der Waals surface area contributed by atoms with Gasteiger partial charge in [-0.1, -0.05) is 0 Å². The SMILES string of the molecule is O=[N+]([O-])c1ccc(COc2cccnc2Br)o1. The second kappa shape index (κ2) is 4.96. The molecule has 88 valence electrons. The number of pyridine rings is 1. The molecule has 0 saturated heterocycles.